The van der Waals surface area contributed by atoms with Crippen LogP contribution in [0, 0.1) is 0 Å². The number of esters is 1. The van der Waals surface area contributed by atoms with Gasteiger partial charge in [-0.25, -0.2) is 9.59 Å². The molecule has 1 aromatic carbocycles. The number of benzene rings is 1. The minimum atomic E-state index is -4.70. The Kier molecular flexibility index (Phi) is 3.89. The normalized spacial score (nSPS) is 11.4. The minimum Gasteiger partial charge on any atom is -0.477 e. The summed E-state index contributed by atoms with van der Waals surface area (Å²) in [5.74, 6) is -3.26. The number of aromatic carboxylic acids is 1. The second kappa shape index (κ2) is 5.51. The fraction of sp³-hybridized carbons (Fsp3) is 0.154. The molecule has 1 N–H and O–H groups in total. The minimum absolute atomic E-state index is 0.00520. The first kappa shape index (κ1) is 15.5. The summed E-state index contributed by atoms with van der Waals surface area (Å²) in [6, 6.07) is 4.38. The number of rotatable bonds is 3. The van der Waals surface area contributed by atoms with E-state index in [1.807, 2.05) is 0 Å². The zero-order valence-corrected chi connectivity index (χ0v) is 10.6. The molecule has 22 heavy (non-hydrogen) atoms. The molecule has 116 valence electrons. The molecule has 0 fully saturated rings. The molecule has 2 aromatic rings. The second-order valence-corrected chi connectivity index (χ2v) is 4.22. The van der Waals surface area contributed by atoms with Gasteiger partial charge < -0.3 is 14.3 Å². The summed E-state index contributed by atoms with van der Waals surface area (Å²) >= 11 is 0. The van der Waals surface area contributed by atoms with Crippen molar-refractivity contribution in [3.63, 3.8) is 0 Å². The number of halogens is 3. The molecule has 0 aliphatic rings. The number of carbonyl (C=O) groups is 2. The zero-order chi connectivity index (χ0) is 16.5. The molecule has 6 nitrogen and oxygen atoms in total. The molecule has 0 unspecified atom stereocenters. The number of carbonyl (C=O) groups excluding carboxylic acids is 1. The quantitative estimate of drug-likeness (QED) is 0.531. The average Bonchev–Trinajstić information content (AvgIpc) is 2.35. The van der Waals surface area contributed by atoms with E-state index in [2.05, 4.69) is 4.74 Å². The van der Waals surface area contributed by atoms with Gasteiger partial charge in [-0.2, -0.15) is 13.2 Å². The van der Waals surface area contributed by atoms with Crippen molar-refractivity contribution in [2.75, 3.05) is 0 Å². The van der Waals surface area contributed by atoms with Crippen molar-refractivity contribution >= 4 is 22.9 Å². The Balaban J connectivity index is 2.34. The van der Waals surface area contributed by atoms with Crippen molar-refractivity contribution in [3.05, 3.63) is 40.2 Å². The molecule has 1 aromatic heterocycles. The first-order valence-electron chi connectivity index (χ1n) is 5.74. The lowest BCUT2D eigenvalue weighted by Gasteiger charge is -2.07. The Labute approximate surface area is 119 Å². The van der Waals surface area contributed by atoms with Gasteiger partial charge in [0.25, 0.3) is 0 Å². The summed E-state index contributed by atoms with van der Waals surface area (Å²) in [6.07, 6.45) is -6.45. The van der Waals surface area contributed by atoms with E-state index in [0.717, 1.165) is 18.2 Å². The first-order valence-corrected chi connectivity index (χ1v) is 5.74. The molecule has 0 radical (unpaired) electrons. The van der Waals surface area contributed by atoms with Crippen LogP contribution in [0.15, 0.2) is 33.5 Å². The lowest BCUT2D eigenvalue weighted by Crippen LogP contribution is -2.19. The number of hydrogen-bond donors (Lipinski definition) is 1. The maximum Gasteiger partial charge on any atom is 0.399 e. The Bertz CT molecular complexity index is 806. The van der Waals surface area contributed by atoms with Crippen LogP contribution in [0.2, 0.25) is 0 Å². The van der Waals surface area contributed by atoms with Crippen LogP contribution in [-0.2, 0) is 4.79 Å². The van der Waals surface area contributed by atoms with Gasteiger partial charge in [0.05, 0.1) is 0 Å². The van der Waals surface area contributed by atoms with Gasteiger partial charge >= 0.3 is 23.7 Å². The van der Waals surface area contributed by atoms with Gasteiger partial charge in [-0.1, -0.05) is 0 Å². The van der Waals surface area contributed by atoms with Crippen LogP contribution in [0.3, 0.4) is 0 Å². The number of fused-ring (bicyclic) bond motifs is 1. The number of hydrogen-bond acceptors (Lipinski definition) is 5. The number of ether oxygens (including phenoxy) is 1. The highest BCUT2D eigenvalue weighted by molar-refractivity contribution is 5.92. The van der Waals surface area contributed by atoms with Crippen molar-refractivity contribution < 1.29 is 37.0 Å². The van der Waals surface area contributed by atoms with Crippen LogP contribution >= 0.6 is 0 Å². The van der Waals surface area contributed by atoms with Crippen molar-refractivity contribution in [1.82, 2.24) is 0 Å². The third-order valence-electron chi connectivity index (χ3n) is 2.51. The molecular formula is C13H7F3O6. The summed E-state index contributed by atoms with van der Waals surface area (Å²) in [6.45, 7) is 0. The summed E-state index contributed by atoms with van der Waals surface area (Å²) in [5, 5.41) is 8.89. The fourth-order valence-corrected chi connectivity index (χ4v) is 1.65. The van der Waals surface area contributed by atoms with Gasteiger partial charge in [0.2, 0.25) is 0 Å². The third kappa shape index (κ3) is 3.62. The Morgan fingerprint density at radius 3 is 2.50 bits per heavy atom. The Morgan fingerprint density at radius 1 is 1.23 bits per heavy atom. The molecular weight excluding hydrogens is 309 g/mol. The van der Waals surface area contributed by atoms with Gasteiger partial charge in [-0.15, -0.1) is 0 Å². The van der Waals surface area contributed by atoms with Crippen molar-refractivity contribution in [2.45, 2.75) is 12.6 Å². The van der Waals surface area contributed by atoms with Crippen LogP contribution in [0.1, 0.15) is 16.8 Å². The average molecular weight is 316 g/mol. The Hall–Kier alpha value is -2.84. The predicted molar refractivity (Wildman–Crippen MR) is 65.8 cm³/mol. The summed E-state index contributed by atoms with van der Waals surface area (Å²) in [7, 11) is 0. The van der Waals surface area contributed by atoms with Crippen LogP contribution in [0.4, 0.5) is 13.2 Å². The van der Waals surface area contributed by atoms with E-state index < -0.39 is 35.7 Å². The van der Waals surface area contributed by atoms with Gasteiger partial charge in [0.1, 0.15) is 23.3 Å². The first-order chi connectivity index (χ1) is 10.2. The highest BCUT2D eigenvalue weighted by Gasteiger charge is 2.32. The summed E-state index contributed by atoms with van der Waals surface area (Å²) in [4.78, 5) is 33.2. The van der Waals surface area contributed by atoms with Crippen molar-refractivity contribution in [3.8, 4) is 5.75 Å². The number of alkyl halides is 3. The molecule has 1 heterocycles. The second-order valence-electron chi connectivity index (χ2n) is 4.22. The van der Waals surface area contributed by atoms with E-state index in [9.17, 15) is 27.6 Å². The standard InChI is InChI=1S/C13H7F3O6/c14-13(15,16)5-10(17)21-7-1-2-9-6(3-7)4-8(11(18)19)12(20)22-9/h1-4H,5H2,(H,18,19). The topological polar surface area (TPSA) is 93.8 Å². The molecule has 0 bridgehead atoms. The van der Waals surface area contributed by atoms with E-state index in [4.69, 9.17) is 9.52 Å². The SMILES string of the molecule is O=C(CC(F)(F)F)Oc1ccc2oc(=O)c(C(=O)O)cc2c1. The van der Waals surface area contributed by atoms with Crippen LogP contribution < -0.4 is 10.4 Å². The molecule has 0 atom stereocenters. The monoisotopic (exact) mass is 316 g/mol. The Morgan fingerprint density at radius 2 is 1.91 bits per heavy atom. The van der Waals surface area contributed by atoms with E-state index in [1.54, 1.807) is 0 Å². The predicted octanol–water partition coefficient (Wildman–Crippen LogP) is 2.35. The highest BCUT2D eigenvalue weighted by Crippen LogP contribution is 2.24. The van der Waals surface area contributed by atoms with Gasteiger partial charge in [-0.3, -0.25) is 4.79 Å². The van der Waals surface area contributed by atoms with E-state index in [0.29, 0.717) is 0 Å². The fourth-order valence-electron chi connectivity index (χ4n) is 1.65. The molecule has 0 amide bonds. The molecule has 9 heteroatoms. The summed E-state index contributed by atoms with van der Waals surface area (Å²) < 4.78 is 45.3. The van der Waals surface area contributed by atoms with E-state index in [-0.39, 0.29) is 16.7 Å². The van der Waals surface area contributed by atoms with E-state index in [1.165, 1.54) is 6.07 Å². The van der Waals surface area contributed by atoms with Gasteiger partial charge in [0, 0.05) is 5.39 Å². The number of carboxylic acids is 1. The smallest absolute Gasteiger partial charge is 0.399 e. The molecule has 2 rings (SSSR count). The number of carboxylic acid groups (broad SMARTS) is 1. The summed E-state index contributed by atoms with van der Waals surface area (Å²) in [5.41, 5.74) is -1.71. The largest absolute Gasteiger partial charge is 0.477 e. The zero-order valence-electron chi connectivity index (χ0n) is 10.6. The maximum atomic E-state index is 12.0. The van der Waals surface area contributed by atoms with Crippen molar-refractivity contribution in [2.24, 2.45) is 0 Å². The van der Waals surface area contributed by atoms with E-state index >= 15 is 0 Å². The molecule has 0 spiro atoms. The van der Waals surface area contributed by atoms with Crippen LogP contribution in [0.5, 0.6) is 5.75 Å². The maximum absolute atomic E-state index is 12.0. The molecule has 0 saturated carbocycles. The van der Waals surface area contributed by atoms with Gasteiger partial charge in [-0.05, 0) is 24.3 Å². The van der Waals surface area contributed by atoms with Crippen LogP contribution in [-0.4, -0.2) is 23.2 Å². The van der Waals surface area contributed by atoms with Crippen LogP contribution in [0.25, 0.3) is 11.0 Å². The third-order valence-corrected chi connectivity index (χ3v) is 2.51. The molecule has 0 saturated heterocycles. The lowest BCUT2D eigenvalue weighted by atomic mass is 10.2. The van der Waals surface area contributed by atoms with Gasteiger partial charge in [0.15, 0.2) is 0 Å². The lowest BCUT2D eigenvalue weighted by molar-refractivity contribution is -0.164. The highest BCUT2D eigenvalue weighted by atomic mass is 19.4. The molecule has 0 aliphatic carbocycles. The van der Waals surface area contributed by atoms with Crippen molar-refractivity contribution in [1.29, 1.82) is 0 Å². The molecule has 0 aliphatic heterocycles.